The maximum absolute atomic E-state index is 12.6. The van der Waals surface area contributed by atoms with Gasteiger partial charge in [0, 0.05) is 18.9 Å². The Morgan fingerprint density at radius 3 is 2.85 bits per heavy atom. The number of aliphatic carboxylic acids is 1. The number of ether oxygens (including phenoxy) is 1. The molecule has 0 bridgehead atoms. The standard InChI is InChI=1S/C20H26O6/c1-13-6-2-3-7-14-8-4-10-16(21)19(14)20(25)26-15(12-17(13)22)9-5-11-18(23)24/h4-5,8,10-11,13,15,17,21-22H,2-3,6-7,9,12H2,1H3,(H,23,24)/b11-5+. The van der Waals surface area contributed by atoms with Crippen LogP contribution in [-0.4, -0.2) is 39.5 Å². The van der Waals surface area contributed by atoms with Gasteiger partial charge < -0.3 is 20.1 Å². The molecule has 142 valence electrons. The average molecular weight is 362 g/mol. The minimum absolute atomic E-state index is 0.0581. The Hall–Kier alpha value is -2.34. The molecule has 0 aromatic heterocycles. The molecule has 26 heavy (non-hydrogen) atoms. The topological polar surface area (TPSA) is 104 Å². The third-order valence-electron chi connectivity index (χ3n) is 4.78. The van der Waals surface area contributed by atoms with Crippen LogP contribution in [0.2, 0.25) is 0 Å². The number of aromatic hydroxyl groups is 1. The second kappa shape index (κ2) is 9.38. The predicted molar refractivity (Wildman–Crippen MR) is 96.0 cm³/mol. The van der Waals surface area contributed by atoms with Gasteiger partial charge in [0.1, 0.15) is 17.4 Å². The van der Waals surface area contributed by atoms with E-state index in [1.54, 1.807) is 12.1 Å². The Balaban J connectivity index is 2.28. The zero-order chi connectivity index (χ0) is 19.1. The van der Waals surface area contributed by atoms with Gasteiger partial charge in [-0.2, -0.15) is 0 Å². The highest BCUT2D eigenvalue weighted by molar-refractivity contribution is 5.94. The van der Waals surface area contributed by atoms with Crippen molar-refractivity contribution in [3.63, 3.8) is 0 Å². The molecule has 1 aromatic carbocycles. The normalized spacial score (nSPS) is 25.0. The van der Waals surface area contributed by atoms with Crippen LogP contribution in [0.4, 0.5) is 0 Å². The average Bonchev–Trinajstić information content (AvgIpc) is 2.57. The summed E-state index contributed by atoms with van der Waals surface area (Å²) in [6.45, 7) is 1.96. The lowest BCUT2D eigenvalue weighted by Crippen LogP contribution is -2.28. The van der Waals surface area contributed by atoms with Crippen molar-refractivity contribution in [3.05, 3.63) is 41.5 Å². The number of benzene rings is 1. The molecule has 0 amide bonds. The highest BCUT2D eigenvalue weighted by Crippen LogP contribution is 2.27. The van der Waals surface area contributed by atoms with Gasteiger partial charge in [0.05, 0.1) is 6.10 Å². The lowest BCUT2D eigenvalue weighted by molar-refractivity contribution is -0.131. The summed E-state index contributed by atoms with van der Waals surface area (Å²) in [5, 5.41) is 29.2. The number of aliphatic hydroxyl groups excluding tert-OH is 1. The van der Waals surface area contributed by atoms with Gasteiger partial charge in [0.25, 0.3) is 0 Å². The van der Waals surface area contributed by atoms with Gasteiger partial charge in [-0.15, -0.1) is 0 Å². The molecule has 6 nitrogen and oxygen atoms in total. The van der Waals surface area contributed by atoms with Crippen molar-refractivity contribution in [3.8, 4) is 5.75 Å². The summed E-state index contributed by atoms with van der Waals surface area (Å²) in [5.74, 6) is -1.80. The highest BCUT2D eigenvalue weighted by Gasteiger charge is 2.26. The molecule has 6 heteroatoms. The number of esters is 1. The van der Waals surface area contributed by atoms with Gasteiger partial charge >= 0.3 is 11.9 Å². The number of hydrogen-bond acceptors (Lipinski definition) is 5. The van der Waals surface area contributed by atoms with Crippen molar-refractivity contribution >= 4 is 11.9 Å². The van der Waals surface area contributed by atoms with E-state index in [0.717, 1.165) is 30.9 Å². The van der Waals surface area contributed by atoms with Gasteiger partial charge in [-0.3, -0.25) is 0 Å². The minimum atomic E-state index is -1.08. The second-order valence-electron chi connectivity index (χ2n) is 6.84. The number of carbonyl (C=O) groups excluding carboxylic acids is 1. The minimum Gasteiger partial charge on any atom is -0.507 e. The highest BCUT2D eigenvalue weighted by atomic mass is 16.5. The van der Waals surface area contributed by atoms with Crippen molar-refractivity contribution in [2.45, 2.75) is 57.7 Å². The monoisotopic (exact) mass is 362 g/mol. The number of aryl methyl sites for hydroxylation is 1. The molecule has 1 aromatic rings. The molecule has 3 unspecified atom stereocenters. The number of phenols is 1. The van der Waals surface area contributed by atoms with E-state index in [2.05, 4.69) is 0 Å². The first kappa shape index (κ1) is 20.0. The van der Waals surface area contributed by atoms with Crippen LogP contribution in [0.5, 0.6) is 5.75 Å². The van der Waals surface area contributed by atoms with E-state index in [4.69, 9.17) is 9.84 Å². The van der Waals surface area contributed by atoms with E-state index < -0.39 is 24.1 Å². The van der Waals surface area contributed by atoms with Crippen LogP contribution in [0.3, 0.4) is 0 Å². The van der Waals surface area contributed by atoms with E-state index >= 15 is 0 Å². The van der Waals surface area contributed by atoms with Crippen molar-refractivity contribution in [1.82, 2.24) is 0 Å². The number of fused-ring (bicyclic) bond motifs is 1. The van der Waals surface area contributed by atoms with Crippen LogP contribution < -0.4 is 0 Å². The lowest BCUT2D eigenvalue weighted by atomic mass is 9.91. The molecule has 1 aliphatic rings. The van der Waals surface area contributed by atoms with Gasteiger partial charge in [-0.1, -0.05) is 31.6 Å². The SMILES string of the molecule is CC1CCCCc2cccc(O)c2C(=O)OC(C/C=C/C(=O)O)CC1O. The number of carbonyl (C=O) groups is 2. The van der Waals surface area contributed by atoms with Crippen molar-refractivity contribution in [2.75, 3.05) is 0 Å². The molecule has 3 atom stereocenters. The summed E-state index contributed by atoms with van der Waals surface area (Å²) in [7, 11) is 0. The van der Waals surface area contributed by atoms with E-state index in [-0.39, 0.29) is 30.1 Å². The molecular weight excluding hydrogens is 336 g/mol. The van der Waals surface area contributed by atoms with Gasteiger partial charge in [0.2, 0.25) is 0 Å². The Morgan fingerprint density at radius 1 is 1.35 bits per heavy atom. The quantitative estimate of drug-likeness (QED) is 0.564. The van der Waals surface area contributed by atoms with Crippen LogP contribution in [0.15, 0.2) is 30.4 Å². The van der Waals surface area contributed by atoms with Gasteiger partial charge in [-0.25, -0.2) is 9.59 Å². The first-order valence-corrected chi connectivity index (χ1v) is 8.97. The molecule has 0 saturated carbocycles. The van der Waals surface area contributed by atoms with E-state index in [9.17, 15) is 19.8 Å². The number of cyclic esters (lactones) is 1. The molecule has 2 rings (SSSR count). The van der Waals surface area contributed by atoms with E-state index in [1.807, 2.05) is 6.92 Å². The molecule has 0 spiro atoms. The smallest absolute Gasteiger partial charge is 0.342 e. The molecule has 3 N–H and O–H groups in total. The summed E-state index contributed by atoms with van der Waals surface area (Å²) < 4.78 is 5.53. The summed E-state index contributed by atoms with van der Waals surface area (Å²) in [6, 6.07) is 4.95. The van der Waals surface area contributed by atoms with Gasteiger partial charge in [0.15, 0.2) is 0 Å². The van der Waals surface area contributed by atoms with Gasteiger partial charge in [-0.05, 0) is 36.8 Å². The largest absolute Gasteiger partial charge is 0.507 e. The maximum atomic E-state index is 12.6. The maximum Gasteiger partial charge on any atom is 0.342 e. The van der Waals surface area contributed by atoms with Crippen LogP contribution in [0, 0.1) is 5.92 Å². The predicted octanol–water partition coefficient (Wildman–Crippen LogP) is 3.06. The van der Waals surface area contributed by atoms with Crippen molar-refractivity contribution < 1.29 is 29.6 Å². The Bertz CT molecular complexity index is 666. The number of aliphatic hydroxyl groups is 1. The summed E-state index contributed by atoms with van der Waals surface area (Å²) >= 11 is 0. The third kappa shape index (κ3) is 5.59. The molecule has 0 saturated heterocycles. The number of carboxylic acids is 1. The first-order valence-electron chi connectivity index (χ1n) is 8.97. The number of rotatable bonds is 3. The molecule has 1 aliphatic heterocycles. The van der Waals surface area contributed by atoms with E-state index in [1.165, 1.54) is 12.1 Å². The summed E-state index contributed by atoms with van der Waals surface area (Å²) in [4.78, 5) is 23.3. The number of phenolic OH excluding ortho intramolecular Hbond substituents is 1. The molecular formula is C20H26O6. The molecule has 0 radical (unpaired) electrons. The fraction of sp³-hybridized carbons (Fsp3) is 0.500. The Kier molecular flexibility index (Phi) is 7.21. The van der Waals surface area contributed by atoms with Crippen molar-refractivity contribution in [1.29, 1.82) is 0 Å². The van der Waals surface area contributed by atoms with Crippen LogP contribution in [0.1, 0.15) is 54.9 Å². The van der Waals surface area contributed by atoms with Crippen LogP contribution in [-0.2, 0) is 16.0 Å². The Labute approximate surface area is 153 Å². The fourth-order valence-electron chi connectivity index (χ4n) is 3.23. The zero-order valence-electron chi connectivity index (χ0n) is 14.9. The summed E-state index contributed by atoms with van der Waals surface area (Å²) in [5.41, 5.74) is 0.895. The number of carboxylic acid groups (broad SMARTS) is 1. The van der Waals surface area contributed by atoms with Crippen LogP contribution in [0.25, 0.3) is 0 Å². The summed E-state index contributed by atoms with van der Waals surface area (Å²) in [6.07, 6.45) is 4.76. The van der Waals surface area contributed by atoms with E-state index in [0.29, 0.717) is 6.42 Å². The molecule has 0 fully saturated rings. The number of hydrogen-bond donors (Lipinski definition) is 3. The van der Waals surface area contributed by atoms with Crippen LogP contribution >= 0.6 is 0 Å². The zero-order valence-corrected chi connectivity index (χ0v) is 14.9. The lowest BCUT2D eigenvalue weighted by Gasteiger charge is -2.25. The first-order chi connectivity index (χ1) is 12.4. The fourth-order valence-corrected chi connectivity index (χ4v) is 3.23. The Morgan fingerprint density at radius 2 is 2.12 bits per heavy atom. The molecule has 0 aliphatic carbocycles. The molecule has 1 heterocycles. The third-order valence-corrected chi connectivity index (χ3v) is 4.78. The van der Waals surface area contributed by atoms with Crippen molar-refractivity contribution in [2.24, 2.45) is 5.92 Å². The second-order valence-corrected chi connectivity index (χ2v) is 6.84.